The first-order valence-corrected chi connectivity index (χ1v) is 5.64. The summed E-state index contributed by atoms with van der Waals surface area (Å²) in [6.45, 7) is 0. The Hall–Kier alpha value is -1.53. The van der Waals surface area contributed by atoms with Crippen molar-refractivity contribution in [1.82, 2.24) is 4.98 Å². The van der Waals surface area contributed by atoms with Crippen molar-refractivity contribution in [2.75, 3.05) is 5.32 Å². The summed E-state index contributed by atoms with van der Waals surface area (Å²) in [6, 6.07) is 5.28. The molecule has 0 amide bonds. The number of nitrogens with one attached hydrogen (secondary N) is 1. The lowest BCUT2D eigenvalue weighted by Gasteiger charge is -2.04. The molecule has 0 bridgehead atoms. The predicted octanol–water partition coefficient (Wildman–Crippen LogP) is 3.53. The van der Waals surface area contributed by atoms with Crippen molar-refractivity contribution in [2.45, 2.75) is 0 Å². The Kier molecular flexibility index (Phi) is 3.35. The van der Waals surface area contributed by atoms with Gasteiger partial charge in [0.05, 0.1) is 10.7 Å². The highest BCUT2D eigenvalue weighted by Gasteiger charge is 2.11. The predicted molar refractivity (Wildman–Crippen MR) is 65.9 cm³/mol. The smallest absolute Gasteiger partial charge is 0.357 e. The zero-order valence-corrected chi connectivity index (χ0v) is 10.6. The Morgan fingerprint density at radius 3 is 2.88 bits per heavy atom. The van der Waals surface area contributed by atoms with E-state index >= 15 is 0 Å². The van der Waals surface area contributed by atoms with Crippen LogP contribution in [0.4, 0.5) is 11.7 Å². The van der Waals surface area contributed by atoms with Crippen molar-refractivity contribution >= 4 is 45.2 Å². The third-order valence-electron chi connectivity index (χ3n) is 1.90. The van der Waals surface area contributed by atoms with E-state index in [0.29, 0.717) is 10.7 Å². The molecule has 1 heterocycles. The molecular weight excluding hydrogens is 311 g/mol. The van der Waals surface area contributed by atoms with E-state index in [9.17, 15) is 4.79 Å². The standard InChI is InChI=1S/C10H6BrClN2O3/c11-5-1-2-7(6(12)3-5)13-10-14-8(4-17-10)9(15)16/h1-4H,(H,13,14)(H,15,16). The van der Waals surface area contributed by atoms with E-state index < -0.39 is 5.97 Å². The van der Waals surface area contributed by atoms with Gasteiger partial charge in [0.2, 0.25) is 0 Å². The number of halogens is 2. The molecule has 0 unspecified atom stereocenters. The molecule has 2 aromatic rings. The summed E-state index contributed by atoms with van der Waals surface area (Å²) in [6.07, 6.45) is 1.05. The summed E-state index contributed by atoms with van der Waals surface area (Å²) in [4.78, 5) is 14.3. The minimum atomic E-state index is -1.15. The van der Waals surface area contributed by atoms with Gasteiger partial charge in [0.15, 0.2) is 5.69 Å². The molecule has 0 aliphatic heterocycles. The molecule has 0 saturated carbocycles. The Balaban J connectivity index is 2.22. The van der Waals surface area contributed by atoms with Crippen LogP contribution in [0.15, 0.2) is 33.4 Å². The third kappa shape index (κ3) is 2.78. The fourth-order valence-corrected chi connectivity index (χ4v) is 1.86. The number of anilines is 2. The summed E-state index contributed by atoms with van der Waals surface area (Å²) >= 11 is 9.25. The van der Waals surface area contributed by atoms with E-state index in [1.807, 2.05) is 0 Å². The van der Waals surface area contributed by atoms with Gasteiger partial charge in [0.25, 0.3) is 6.01 Å². The van der Waals surface area contributed by atoms with Crippen LogP contribution in [0, 0.1) is 0 Å². The van der Waals surface area contributed by atoms with Gasteiger partial charge < -0.3 is 14.8 Å². The molecule has 1 aromatic heterocycles. The monoisotopic (exact) mass is 316 g/mol. The number of carboxylic acid groups (broad SMARTS) is 1. The van der Waals surface area contributed by atoms with Crippen LogP contribution in [0.25, 0.3) is 0 Å². The normalized spacial score (nSPS) is 10.2. The maximum absolute atomic E-state index is 10.6. The average molecular weight is 318 g/mol. The van der Waals surface area contributed by atoms with Gasteiger partial charge in [0, 0.05) is 4.47 Å². The number of hydrogen-bond donors (Lipinski definition) is 2. The number of aromatic nitrogens is 1. The van der Waals surface area contributed by atoms with E-state index in [-0.39, 0.29) is 11.7 Å². The molecule has 5 nitrogen and oxygen atoms in total. The molecule has 2 rings (SSSR count). The van der Waals surface area contributed by atoms with E-state index in [0.717, 1.165) is 10.7 Å². The number of benzene rings is 1. The Labute approximate surface area is 110 Å². The second-order valence-electron chi connectivity index (χ2n) is 3.09. The summed E-state index contributed by atoms with van der Waals surface area (Å²) in [7, 11) is 0. The number of nitrogens with zero attached hydrogens (tertiary/aromatic N) is 1. The second-order valence-corrected chi connectivity index (χ2v) is 4.42. The maximum atomic E-state index is 10.6. The number of hydrogen-bond acceptors (Lipinski definition) is 4. The molecule has 0 aliphatic carbocycles. The number of rotatable bonds is 3. The first kappa shape index (κ1) is 11.9. The van der Waals surface area contributed by atoms with Crippen molar-refractivity contribution in [3.05, 3.63) is 39.7 Å². The van der Waals surface area contributed by atoms with E-state index in [2.05, 4.69) is 26.2 Å². The van der Waals surface area contributed by atoms with Crippen LogP contribution < -0.4 is 5.32 Å². The summed E-state index contributed by atoms with van der Waals surface area (Å²) < 4.78 is 5.78. The highest BCUT2D eigenvalue weighted by molar-refractivity contribution is 9.10. The van der Waals surface area contributed by atoms with Gasteiger partial charge in [-0.1, -0.05) is 27.5 Å². The van der Waals surface area contributed by atoms with Gasteiger partial charge in [-0.2, -0.15) is 4.98 Å². The molecule has 0 radical (unpaired) electrons. The van der Waals surface area contributed by atoms with Gasteiger partial charge >= 0.3 is 5.97 Å². The van der Waals surface area contributed by atoms with Gasteiger partial charge in [-0.25, -0.2) is 4.79 Å². The first-order valence-electron chi connectivity index (χ1n) is 4.47. The van der Waals surface area contributed by atoms with Crippen molar-refractivity contribution in [1.29, 1.82) is 0 Å². The molecule has 0 spiro atoms. The van der Waals surface area contributed by atoms with Crippen LogP contribution in [0.1, 0.15) is 10.5 Å². The number of oxazole rings is 1. The van der Waals surface area contributed by atoms with E-state index in [4.69, 9.17) is 21.1 Å². The van der Waals surface area contributed by atoms with Gasteiger partial charge in [-0.3, -0.25) is 0 Å². The third-order valence-corrected chi connectivity index (χ3v) is 2.70. The molecule has 0 fully saturated rings. The fraction of sp³-hybridized carbons (Fsp3) is 0. The summed E-state index contributed by atoms with van der Waals surface area (Å²) in [5, 5.41) is 11.9. The van der Waals surface area contributed by atoms with Crippen LogP contribution >= 0.6 is 27.5 Å². The molecule has 17 heavy (non-hydrogen) atoms. The highest BCUT2D eigenvalue weighted by atomic mass is 79.9. The van der Waals surface area contributed by atoms with Crippen LogP contribution in [0.3, 0.4) is 0 Å². The molecule has 0 saturated heterocycles. The van der Waals surface area contributed by atoms with Gasteiger partial charge in [-0.05, 0) is 18.2 Å². The molecule has 2 N–H and O–H groups in total. The van der Waals surface area contributed by atoms with Crippen molar-refractivity contribution < 1.29 is 14.3 Å². The van der Waals surface area contributed by atoms with E-state index in [1.54, 1.807) is 18.2 Å². The van der Waals surface area contributed by atoms with Crippen molar-refractivity contribution in [3.8, 4) is 0 Å². The molecular formula is C10H6BrClN2O3. The quantitative estimate of drug-likeness (QED) is 0.905. The van der Waals surface area contributed by atoms with Crippen LogP contribution in [0.5, 0.6) is 0 Å². The number of aromatic carboxylic acids is 1. The largest absolute Gasteiger partial charge is 0.476 e. The minimum Gasteiger partial charge on any atom is -0.476 e. The Bertz CT molecular complexity index is 570. The van der Waals surface area contributed by atoms with Crippen LogP contribution in [-0.2, 0) is 0 Å². The number of carbonyl (C=O) groups is 1. The maximum Gasteiger partial charge on any atom is 0.357 e. The van der Waals surface area contributed by atoms with Gasteiger partial charge in [-0.15, -0.1) is 0 Å². The summed E-state index contributed by atoms with van der Waals surface area (Å²) in [5.74, 6) is -1.15. The van der Waals surface area contributed by atoms with Crippen LogP contribution in [-0.4, -0.2) is 16.1 Å². The lowest BCUT2D eigenvalue weighted by atomic mass is 10.3. The zero-order chi connectivity index (χ0) is 12.4. The Morgan fingerprint density at radius 2 is 2.29 bits per heavy atom. The lowest BCUT2D eigenvalue weighted by Crippen LogP contribution is -1.97. The molecule has 1 aromatic carbocycles. The molecule has 0 atom stereocenters. The van der Waals surface area contributed by atoms with Crippen molar-refractivity contribution in [2.24, 2.45) is 0 Å². The zero-order valence-electron chi connectivity index (χ0n) is 8.28. The minimum absolute atomic E-state index is 0.0756. The topological polar surface area (TPSA) is 75.4 Å². The Morgan fingerprint density at radius 1 is 1.53 bits per heavy atom. The molecule has 0 aliphatic rings. The van der Waals surface area contributed by atoms with E-state index in [1.165, 1.54) is 0 Å². The first-order chi connectivity index (χ1) is 8.06. The average Bonchev–Trinajstić information content (AvgIpc) is 2.71. The van der Waals surface area contributed by atoms with Gasteiger partial charge in [0.1, 0.15) is 6.26 Å². The lowest BCUT2D eigenvalue weighted by molar-refractivity contribution is 0.0690. The second kappa shape index (κ2) is 4.77. The summed E-state index contributed by atoms with van der Waals surface area (Å²) in [5.41, 5.74) is 0.411. The van der Waals surface area contributed by atoms with Crippen molar-refractivity contribution in [3.63, 3.8) is 0 Å². The SMILES string of the molecule is O=C(O)c1coc(Nc2ccc(Br)cc2Cl)n1. The fourth-order valence-electron chi connectivity index (χ4n) is 1.14. The van der Waals surface area contributed by atoms with Crippen LogP contribution in [0.2, 0.25) is 5.02 Å². The molecule has 88 valence electrons. The number of carboxylic acids is 1. The molecule has 7 heteroatoms. The highest BCUT2D eigenvalue weighted by Crippen LogP contribution is 2.28.